The number of benzene rings is 2. The van der Waals surface area contributed by atoms with Crippen molar-refractivity contribution in [1.29, 1.82) is 0 Å². The Labute approximate surface area is 207 Å². The third-order valence-corrected chi connectivity index (χ3v) is 5.38. The number of pyridine rings is 1. The Kier molecular flexibility index (Phi) is 8.13. The number of fused-ring (bicyclic) bond motifs is 1. The second-order valence-electron chi connectivity index (χ2n) is 7.75. The van der Waals surface area contributed by atoms with E-state index in [1.807, 2.05) is 31.2 Å². The van der Waals surface area contributed by atoms with Gasteiger partial charge in [0.25, 0.3) is 5.91 Å². The molecule has 0 atom stereocenters. The zero-order valence-corrected chi connectivity index (χ0v) is 19.4. The molecule has 12 heteroatoms. The van der Waals surface area contributed by atoms with Crippen LogP contribution in [0.4, 0.5) is 28.9 Å². The lowest BCUT2D eigenvalue weighted by atomic mass is 10.0. The van der Waals surface area contributed by atoms with E-state index in [1.54, 1.807) is 12.1 Å². The van der Waals surface area contributed by atoms with Gasteiger partial charge in [0.1, 0.15) is 11.5 Å². The van der Waals surface area contributed by atoms with Crippen LogP contribution in [0.25, 0.3) is 22.3 Å². The molecule has 0 spiro atoms. The molecular formula is C25H22F4N4O4. The summed E-state index contributed by atoms with van der Waals surface area (Å²) in [4.78, 5) is 28.5. The van der Waals surface area contributed by atoms with Crippen LogP contribution in [0.3, 0.4) is 0 Å². The fourth-order valence-electron chi connectivity index (χ4n) is 3.63. The van der Waals surface area contributed by atoms with Crippen molar-refractivity contribution < 1.29 is 37.4 Å². The highest BCUT2D eigenvalue weighted by Gasteiger charge is 2.38. The van der Waals surface area contributed by atoms with Gasteiger partial charge in [-0.2, -0.15) is 13.2 Å². The number of nitrogens with zero attached hydrogens (tertiary/aromatic N) is 1. The van der Waals surface area contributed by atoms with Gasteiger partial charge < -0.3 is 26.2 Å². The van der Waals surface area contributed by atoms with Gasteiger partial charge in [-0.3, -0.25) is 4.79 Å². The molecule has 4 aromatic rings. The van der Waals surface area contributed by atoms with E-state index in [4.69, 9.17) is 15.6 Å². The molecule has 0 aliphatic rings. The van der Waals surface area contributed by atoms with Crippen molar-refractivity contribution in [3.63, 3.8) is 0 Å². The standard InChI is InChI=1S/C23H21FN4O2.C2HF3O2/c1-2-16-14(12-29)4-3-5-19(16)27-21-17-10-20(13-6-8-15(24)9-7-13)28-23(17)26-11-18(21)22(25)30;3-2(4,5)1(6)7/h3-11,29H,2,12H2,1H3,(H2,25,30)(H2,26,27,28);(H,6,7). The predicted molar refractivity (Wildman–Crippen MR) is 129 cm³/mol. The molecule has 0 saturated carbocycles. The number of alkyl halides is 3. The summed E-state index contributed by atoms with van der Waals surface area (Å²) in [5.41, 5.74) is 11.0. The zero-order valence-electron chi connectivity index (χ0n) is 19.4. The third-order valence-electron chi connectivity index (χ3n) is 5.38. The number of aliphatic hydroxyl groups excluding tert-OH is 1. The lowest BCUT2D eigenvalue weighted by molar-refractivity contribution is -0.192. The molecule has 0 unspecified atom stereocenters. The molecule has 37 heavy (non-hydrogen) atoms. The molecule has 2 aromatic carbocycles. The van der Waals surface area contributed by atoms with Gasteiger partial charge in [0.15, 0.2) is 0 Å². The SMILES string of the molecule is CCc1c(CO)cccc1Nc1c(C(N)=O)cnc2[nH]c(-c3ccc(F)cc3)cc12.O=C(O)C(F)(F)F. The monoisotopic (exact) mass is 518 g/mol. The number of carbonyl (C=O) groups excluding carboxylic acids is 1. The van der Waals surface area contributed by atoms with Crippen LogP contribution in [0.15, 0.2) is 54.7 Å². The van der Waals surface area contributed by atoms with Gasteiger partial charge in [-0.15, -0.1) is 0 Å². The van der Waals surface area contributed by atoms with Crippen molar-refractivity contribution in [2.24, 2.45) is 5.73 Å². The van der Waals surface area contributed by atoms with E-state index in [-0.39, 0.29) is 18.0 Å². The second kappa shape index (κ2) is 11.1. The highest BCUT2D eigenvalue weighted by atomic mass is 19.4. The number of aromatic nitrogens is 2. The number of carbonyl (C=O) groups is 2. The normalized spacial score (nSPS) is 11.1. The Morgan fingerprint density at radius 2 is 1.78 bits per heavy atom. The lowest BCUT2D eigenvalue weighted by Crippen LogP contribution is -2.21. The number of amides is 1. The number of primary amides is 1. The van der Waals surface area contributed by atoms with Crippen LogP contribution in [-0.4, -0.2) is 38.2 Å². The number of hydrogen-bond acceptors (Lipinski definition) is 5. The smallest absolute Gasteiger partial charge is 0.475 e. The van der Waals surface area contributed by atoms with Crippen molar-refractivity contribution in [2.45, 2.75) is 26.1 Å². The first-order valence-electron chi connectivity index (χ1n) is 10.8. The number of aliphatic carboxylic acids is 1. The highest BCUT2D eigenvalue weighted by molar-refractivity contribution is 6.08. The van der Waals surface area contributed by atoms with E-state index < -0.39 is 18.1 Å². The van der Waals surface area contributed by atoms with Gasteiger partial charge in [-0.25, -0.2) is 14.2 Å². The molecule has 0 radical (unpaired) electrons. The minimum absolute atomic E-state index is 0.0774. The molecule has 2 aromatic heterocycles. The highest BCUT2D eigenvalue weighted by Crippen LogP contribution is 2.34. The number of hydrogen-bond donors (Lipinski definition) is 5. The van der Waals surface area contributed by atoms with Crippen LogP contribution < -0.4 is 11.1 Å². The van der Waals surface area contributed by atoms with Crippen molar-refractivity contribution in [2.75, 3.05) is 5.32 Å². The maximum absolute atomic E-state index is 13.3. The molecule has 1 amide bonds. The number of anilines is 2. The number of carboxylic acid groups (broad SMARTS) is 1. The fraction of sp³-hybridized carbons (Fsp3) is 0.160. The molecule has 194 valence electrons. The van der Waals surface area contributed by atoms with Gasteiger partial charge in [-0.05, 0) is 59.5 Å². The van der Waals surface area contributed by atoms with Crippen LogP contribution in [0.1, 0.15) is 28.4 Å². The van der Waals surface area contributed by atoms with Crippen molar-refractivity contribution in [3.8, 4) is 11.3 Å². The molecule has 0 bridgehead atoms. The summed E-state index contributed by atoms with van der Waals surface area (Å²) in [7, 11) is 0. The van der Waals surface area contributed by atoms with E-state index in [0.29, 0.717) is 23.1 Å². The largest absolute Gasteiger partial charge is 0.490 e. The van der Waals surface area contributed by atoms with Crippen LogP contribution in [0.2, 0.25) is 0 Å². The van der Waals surface area contributed by atoms with Crippen LogP contribution in [0, 0.1) is 5.82 Å². The Hall–Kier alpha value is -4.45. The minimum Gasteiger partial charge on any atom is -0.475 e. The molecule has 0 fully saturated rings. The summed E-state index contributed by atoms with van der Waals surface area (Å²) < 4.78 is 45.0. The number of aliphatic hydroxyl groups is 1. The average molecular weight is 518 g/mol. The van der Waals surface area contributed by atoms with Crippen molar-refractivity contribution in [1.82, 2.24) is 9.97 Å². The van der Waals surface area contributed by atoms with Gasteiger partial charge in [0.2, 0.25) is 0 Å². The first-order chi connectivity index (χ1) is 17.5. The Morgan fingerprint density at radius 1 is 1.14 bits per heavy atom. The maximum Gasteiger partial charge on any atom is 0.490 e. The molecule has 6 N–H and O–H groups in total. The summed E-state index contributed by atoms with van der Waals surface area (Å²) in [6.07, 6.45) is -2.95. The molecule has 0 aliphatic heterocycles. The Bertz CT molecular complexity index is 1430. The van der Waals surface area contributed by atoms with E-state index in [1.165, 1.54) is 18.3 Å². The number of aromatic amines is 1. The van der Waals surface area contributed by atoms with E-state index in [2.05, 4.69) is 15.3 Å². The van der Waals surface area contributed by atoms with Gasteiger partial charge in [0, 0.05) is 23.0 Å². The average Bonchev–Trinajstić information content (AvgIpc) is 3.29. The zero-order chi connectivity index (χ0) is 27.3. The first-order valence-corrected chi connectivity index (χ1v) is 10.8. The second-order valence-corrected chi connectivity index (χ2v) is 7.75. The quantitative estimate of drug-likeness (QED) is 0.230. The van der Waals surface area contributed by atoms with Gasteiger partial charge in [-0.1, -0.05) is 19.1 Å². The first kappa shape index (κ1) is 27.1. The Morgan fingerprint density at radius 3 is 2.32 bits per heavy atom. The minimum atomic E-state index is -5.08. The number of nitrogens with one attached hydrogen (secondary N) is 2. The summed E-state index contributed by atoms with van der Waals surface area (Å²) in [6.45, 7) is 1.92. The van der Waals surface area contributed by atoms with Gasteiger partial charge in [0.05, 0.1) is 17.9 Å². The molecule has 0 saturated heterocycles. The number of carboxylic acids is 1. The van der Waals surface area contributed by atoms with E-state index in [0.717, 1.165) is 28.1 Å². The number of halogens is 4. The van der Waals surface area contributed by atoms with Crippen molar-refractivity contribution in [3.05, 3.63) is 77.2 Å². The van der Waals surface area contributed by atoms with Gasteiger partial charge >= 0.3 is 12.1 Å². The number of H-pyrrole nitrogens is 1. The lowest BCUT2D eigenvalue weighted by Gasteiger charge is -2.16. The molecular weight excluding hydrogens is 496 g/mol. The molecule has 8 nitrogen and oxygen atoms in total. The summed E-state index contributed by atoms with van der Waals surface area (Å²) >= 11 is 0. The Balaban J connectivity index is 0.000000479. The predicted octanol–water partition coefficient (Wildman–Crippen LogP) is 4.90. The summed E-state index contributed by atoms with van der Waals surface area (Å²) in [5, 5.41) is 20.8. The molecule has 0 aliphatic carbocycles. The number of rotatable bonds is 6. The van der Waals surface area contributed by atoms with Crippen LogP contribution in [-0.2, 0) is 17.8 Å². The van der Waals surface area contributed by atoms with Crippen LogP contribution >= 0.6 is 0 Å². The van der Waals surface area contributed by atoms with E-state index >= 15 is 0 Å². The van der Waals surface area contributed by atoms with Crippen molar-refractivity contribution >= 4 is 34.3 Å². The fourth-order valence-corrected chi connectivity index (χ4v) is 3.63. The topological polar surface area (TPSA) is 141 Å². The maximum atomic E-state index is 13.3. The summed E-state index contributed by atoms with van der Waals surface area (Å²) in [5.74, 6) is -3.68. The molecule has 4 rings (SSSR count). The van der Waals surface area contributed by atoms with E-state index in [9.17, 15) is 27.5 Å². The third kappa shape index (κ3) is 6.22. The van der Waals surface area contributed by atoms with Crippen LogP contribution in [0.5, 0.6) is 0 Å². The molecule has 2 heterocycles. The summed E-state index contributed by atoms with van der Waals surface area (Å²) in [6, 6.07) is 13.6. The number of nitrogens with two attached hydrogens (primary N) is 1.